The molecule has 0 saturated carbocycles. The molecule has 2 N–H and O–H groups in total. The van der Waals surface area contributed by atoms with E-state index in [4.69, 9.17) is 19.7 Å². The molecule has 0 bridgehead atoms. The van der Waals surface area contributed by atoms with Crippen molar-refractivity contribution in [2.75, 3.05) is 18.6 Å². The van der Waals surface area contributed by atoms with Gasteiger partial charge in [-0.15, -0.1) is 0 Å². The monoisotopic (exact) mass is 321 g/mol. The Balaban J connectivity index is 2.57. The first-order chi connectivity index (χ1) is 10.8. The van der Waals surface area contributed by atoms with Gasteiger partial charge in [-0.2, -0.15) is 0 Å². The fourth-order valence-electron chi connectivity index (χ4n) is 2.21. The number of carbonyl (C=O) groups excluding carboxylic acids is 1. The highest BCUT2D eigenvalue weighted by molar-refractivity contribution is 6.03. The molecule has 2 rings (SSSR count). The van der Waals surface area contributed by atoms with Gasteiger partial charge in [0.05, 0.1) is 12.8 Å². The Morgan fingerprint density at radius 3 is 2.65 bits per heavy atom. The summed E-state index contributed by atoms with van der Waals surface area (Å²) in [5, 5.41) is 17.7. The number of methoxy groups -OCH3 is 1. The Kier molecular flexibility index (Phi) is 4.54. The van der Waals surface area contributed by atoms with Gasteiger partial charge >= 0.3 is 11.9 Å². The summed E-state index contributed by atoms with van der Waals surface area (Å²) in [6.45, 7) is 0.979. The standard InChI is InChI=1S/C15H15NO7/c1-8-15(21)16(7-13(19)20)10-5-9(3-4-12(17)18)6-11(22-2)14(10)23-8/h3-6,8H,7H2,1-2H3,(H,17,18)(H,19,20)/b4-3+. The van der Waals surface area contributed by atoms with Crippen LogP contribution in [-0.2, 0) is 14.4 Å². The zero-order valence-corrected chi connectivity index (χ0v) is 12.5. The summed E-state index contributed by atoms with van der Waals surface area (Å²) < 4.78 is 10.7. The van der Waals surface area contributed by atoms with Crippen molar-refractivity contribution in [3.8, 4) is 11.5 Å². The molecule has 1 aliphatic heterocycles. The average molecular weight is 321 g/mol. The van der Waals surface area contributed by atoms with Crippen molar-refractivity contribution >= 4 is 29.6 Å². The number of carbonyl (C=O) groups is 3. The molecule has 122 valence electrons. The molecule has 0 saturated heterocycles. The van der Waals surface area contributed by atoms with Gasteiger partial charge in [0.15, 0.2) is 17.6 Å². The van der Waals surface area contributed by atoms with Crippen molar-refractivity contribution < 1.29 is 34.1 Å². The molecule has 0 spiro atoms. The molecular weight excluding hydrogens is 306 g/mol. The Hall–Kier alpha value is -3.03. The first kappa shape index (κ1) is 16.3. The quantitative estimate of drug-likeness (QED) is 0.777. The van der Waals surface area contributed by atoms with Crippen LogP contribution in [0.15, 0.2) is 18.2 Å². The van der Waals surface area contributed by atoms with Gasteiger partial charge in [0, 0.05) is 6.08 Å². The van der Waals surface area contributed by atoms with Crippen molar-refractivity contribution in [1.82, 2.24) is 0 Å². The number of benzene rings is 1. The number of carboxylic acid groups (broad SMARTS) is 2. The molecule has 1 aromatic carbocycles. The Bertz CT molecular complexity index is 695. The molecule has 0 fully saturated rings. The van der Waals surface area contributed by atoms with Crippen LogP contribution < -0.4 is 14.4 Å². The first-order valence-electron chi connectivity index (χ1n) is 6.66. The largest absolute Gasteiger partial charge is 0.493 e. The number of aliphatic carboxylic acids is 2. The lowest BCUT2D eigenvalue weighted by atomic mass is 10.1. The second-order valence-electron chi connectivity index (χ2n) is 4.82. The summed E-state index contributed by atoms with van der Waals surface area (Å²) in [4.78, 5) is 34.9. The van der Waals surface area contributed by atoms with E-state index in [1.807, 2.05) is 0 Å². The van der Waals surface area contributed by atoms with Gasteiger partial charge in [0.2, 0.25) is 0 Å². The molecule has 1 unspecified atom stereocenters. The van der Waals surface area contributed by atoms with Crippen LogP contribution in [-0.4, -0.2) is 47.8 Å². The van der Waals surface area contributed by atoms with Crippen molar-refractivity contribution in [3.05, 3.63) is 23.8 Å². The van der Waals surface area contributed by atoms with E-state index in [1.54, 1.807) is 6.07 Å². The number of fused-ring (bicyclic) bond motifs is 1. The molecule has 1 aromatic rings. The van der Waals surface area contributed by atoms with Crippen LogP contribution in [0.3, 0.4) is 0 Å². The highest BCUT2D eigenvalue weighted by Crippen LogP contribution is 2.43. The lowest BCUT2D eigenvalue weighted by molar-refractivity contribution is -0.137. The van der Waals surface area contributed by atoms with Crippen LogP contribution in [0, 0.1) is 0 Å². The van der Waals surface area contributed by atoms with E-state index in [-0.39, 0.29) is 17.2 Å². The number of anilines is 1. The van der Waals surface area contributed by atoms with Crippen molar-refractivity contribution in [2.45, 2.75) is 13.0 Å². The Morgan fingerprint density at radius 2 is 2.09 bits per heavy atom. The van der Waals surface area contributed by atoms with Crippen LogP contribution in [0.5, 0.6) is 11.5 Å². The second kappa shape index (κ2) is 6.39. The van der Waals surface area contributed by atoms with Gasteiger partial charge in [-0.25, -0.2) is 4.79 Å². The van der Waals surface area contributed by atoms with Crippen LogP contribution in [0.25, 0.3) is 6.08 Å². The Labute approximate surface area is 131 Å². The third-order valence-electron chi connectivity index (χ3n) is 3.19. The summed E-state index contributed by atoms with van der Waals surface area (Å²) in [6.07, 6.45) is 1.39. The number of carboxylic acids is 2. The molecule has 0 aliphatic carbocycles. The van der Waals surface area contributed by atoms with E-state index in [0.29, 0.717) is 5.56 Å². The summed E-state index contributed by atoms with van der Waals surface area (Å²) in [5.41, 5.74) is 0.657. The molecular formula is C15H15NO7. The van der Waals surface area contributed by atoms with Gasteiger partial charge in [-0.3, -0.25) is 14.5 Å². The van der Waals surface area contributed by atoms with E-state index in [1.165, 1.54) is 26.2 Å². The van der Waals surface area contributed by atoms with Crippen molar-refractivity contribution in [2.24, 2.45) is 0 Å². The number of rotatable bonds is 5. The maximum atomic E-state index is 12.2. The average Bonchev–Trinajstić information content (AvgIpc) is 2.49. The number of ether oxygens (including phenoxy) is 2. The Morgan fingerprint density at radius 1 is 1.39 bits per heavy atom. The summed E-state index contributed by atoms with van der Waals surface area (Å²) in [6, 6.07) is 3.02. The zero-order valence-electron chi connectivity index (χ0n) is 12.5. The molecule has 1 heterocycles. The van der Waals surface area contributed by atoms with Gasteiger partial charge in [-0.1, -0.05) is 0 Å². The predicted molar refractivity (Wildman–Crippen MR) is 79.7 cm³/mol. The fraction of sp³-hybridized carbons (Fsp3) is 0.267. The summed E-state index contributed by atoms with van der Waals surface area (Å²) in [7, 11) is 1.40. The number of hydrogen-bond acceptors (Lipinski definition) is 5. The fourth-order valence-corrected chi connectivity index (χ4v) is 2.21. The molecule has 8 heteroatoms. The van der Waals surface area contributed by atoms with E-state index >= 15 is 0 Å². The van der Waals surface area contributed by atoms with Crippen molar-refractivity contribution in [3.63, 3.8) is 0 Å². The minimum Gasteiger partial charge on any atom is -0.493 e. The van der Waals surface area contributed by atoms with E-state index < -0.39 is 30.5 Å². The minimum absolute atomic E-state index is 0.222. The summed E-state index contributed by atoms with van der Waals surface area (Å²) in [5.74, 6) is -2.29. The molecule has 23 heavy (non-hydrogen) atoms. The number of amides is 1. The summed E-state index contributed by atoms with van der Waals surface area (Å²) >= 11 is 0. The van der Waals surface area contributed by atoms with Crippen LogP contribution >= 0.6 is 0 Å². The number of nitrogens with zero attached hydrogens (tertiary/aromatic N) is 1. The van der Waals surface area contributed by atoms with Crippen LogP contribution in [0.4, 0.5) is 5.69 Å². The van der Waals surface area contributed by atoms with Crippen LogP contribution in [0.1, 0.15) is 12.5 Å². The third-order valence-corrected chi connectivity index (χ3v) is 3.19. The molecule has 1 aliphatic rings. The zero-order chi connectivity index (χ0) is 17.1. The molecule has 1 amide bonds. The second-order valence-corrected chi connectivity index (χ2v) is 4.82. The number of hydrogen-bond donors (Lipinski definition) is 2. The first-order valence-corrected chi connectivity index (χ1v) is 6.66. The van der Waals surface area contributed by atoms with Gasteiger partial charge in [0.1, 0.15) is 6.54 Å². The van der Waals surface area contributed by atoms with Gasteiger partial charge in [0.25, 0.3) is 5.91 Å². The van der Waals surface area contributed by atoms with Gasteiger partial charge < -0.3 is 19.7 Å². The minimum atomic E-state index is -1.18. The maximum absolute atomic E-state index is 12.2. The smallest absolute Gasteiger partial charge is 0.328 e. The molecule has 8 nitrogen and oxygen atoms in total. The highest BCUT2D eigenvalue weighted by Gasteiger charge is 2.35. The van der Waals surface area contributed by atoms with Gasteiger partial charge in [-0.05, 0) is 30.7 Å². The highest BCUT2D eigenvalue weighted by atomic mass is 16.5. The molecule has 0 radical (unpaired) electrons. The SMILES string of the molecule is COc1cc(/C=C/C(=O)O)cc2c1OC(C)C(=O)N2CC(=O)O. The lowest BCUT2D eigenvalue weighted by Crippen LogP contribution is -2.46. The normalized spacial score (nSPS) is 16.9. The van der Waals surface area contributed by atoms with E-state index in [2.05, 4.69) is 0 Å². The maximum Gasteiger partial charge on any atom is 0.328 e. The predicted octanol–water partition coefficient (Wildman–Crippen LogP) is 0.992. The van der Waals surface area contributed by atoms with E-state index in [0.717, 1.165) is 11.0 Å². The molecule has 1 atom stereocenters. The lowest BCUT2D eigenvalue weighted by Gasteiger charge is -2.33. The van der Waals surface area contributed by atoms with E-state index in [9.17, 15) is 14.4 Å². The van der Waals surface area contributed by atoms with Crippen LogP contribution in [0.2, 0.25) is 0 Å². The molecule has 0 aromatic heterocycles. The topological polar surface area (TPSA) is 113 Å². The van der Waals surface area contributed by atoms with Crippen molar-refractivity contribution in [1.29, 1.82) is 0 Å². The third kappa shape index (κ3) is 3.42.